The fraction of sp³-hybridized carbons (Fsp3) is 0.458. The second kappa shape index (κ2) is 10.6. The Morgan fingerprint density at radius 3 is 2.47 bits per heavy atom. The van der Waals surface area contributed by atoms with Crippen LogP contribution >= 0.6 is 11.6 Å². The highest BCUT2D eigenvalue weighted by Crippen LogP contribution is 2.37. The molecule has 5 N–H and O–H groups in total. The molecule has 14 heteroatoms. The number of carbonyl (C=O) groups excluding carboxylic acids is 1. The van der Waals surface area contributed by atoms with E-state index in [9.17, 15) is 23.5 Å². The molecule has 11 nitrogen and oxygen atoms in total. The number of carboxylic acid groups (broad SMARTS) is 1. The highest BCUT2D eigenvalue weighted by Gasteiger charge is 2.30. The van der Waals surface area contributed by atoms with Gasteiger partial charge < -0.3 is 26.4 Å². The highest BCUT2D eigenvalue weighted by atomic mass is 35.5. The van der Waals surface area contributed by atoms with E-state index in [1.54, 1.807) is 4.57 Å². The van der Waals surface area contributed by atoms with Crippen LogP contribution < -0.4 is 16.4 Å². The molecule has 2 aliphatic rings. The van der Waals surface area contributed by atoms with Crippen LogP contribution in [-0.2, 0) is 4.79 Å². The minimum Gasteiger partial charge on any atom is -0.465 e. The molecule has 1 unspecified atom stereocenters. The predicted octanol–water partition coefficient (Wildman–Crippen LogP) is 4.27. The topological polar surface area (TPSA) is 151 Å². The zero-order chi connectivity index (χ0) is 27.0. The van der Waals surface area contributed by atoms with Crippen LogP contribution in [0.15, 0.2) is 18.3 Å². The summed E-state index contributed by atoms with van der Waals surface area (Å²) in [6.07, 6.45) is 4.29. The lowest BCUT2D eigenvalue weighted by atomic mass is 9.85. The van der Waals surface area contributed by atoms with Gasteiger partial charge in [-0.3, -0.25) is 9.36 Å². The van der Waals surface area contributed by atoms with Gasteiger partial charge in [-0.05, 0) is 50.7 Å². The number of rotatable bonds is 6. The van der Waals surface area contributed by atoms with Crippen molar-refractivity contribution < 1.29 is 23.5 Å². The van der Waals surface area contributed by atoms with Gasteiger partial charge in [-0.2, -0.15) is 4.98 Å². The van der Waals surface area contributed by atoms with E-state index in [0.29, 0.717) is 56.4 Å². The summed E-state index contributed by atoms with van der Waals surface area (Å²) >= 11 is 5.78. The lowest BCUT2D eigenvalue weighted by Crippen LogP contribution is -2.44. The van der Waals surface area contributed by atoms with Crippen molar-refractivity contribution in [3.8, 4) is 0 Å². The first-order valence-corrected chi connectivity index (χ1v) is 12.8. The third-order valence-corrected chi connectivity index (χ3v) is 7.38. The molecule has 3 heterocycles. The lowest BCUT2D eigenvalue weighted by molar-refractivity contribution is -0.122. The Bertz CT molecular complexity index is 1360. The number of carbonyl (C=O) groups is 2. The Hall–Kier alpha value is -3.74. The minimum absolute atomic E-state index is 0.0745. The Morgan fingerprint density at radius 1 is 1.11 bits per heavy atom. The van der Waals surface area contributed by atoms with Gasteiger partial charge in [0.15, 0.2) is 17.3 Å². The molecule has 2 amide bonds. The van der Waals surface area contributed by atoms with Crippen molar-refractivity contribution in [2.75, 3.05) is 23.7 Å². The number of benzene rings is 1. The number of fused-ring (bicyclic) bond motifs is 1. The van der Waals surface area contributed by atoms with Crippen molar-refractivity contribution in [3.63, 3.8) is 0 Å². The number of nitrogens with one attached hydrogen (secondary N) is 2. The maximum atomic E-state index is 14.6. The predicted molar refractivity (Wildman–Crippen MR) is 136 cm³/mol. The molecule has 0 radical (unpaired) electrons. The summed E-state index contributed by atoms with van der Waals surface area (Å²) < 4.78 is 31.0. The molecule has 1 aromatic carbocycles. The molecule has 5 rings (SSSR count). The Balaban J connectivity index is 1.50. The Morgan fingerprint density at radius 2 is 1.82 bits per heavy atom. The van der Waals surface area contributed by atoms with Crippen LogP contribution in [-0.4, -0.2) is 60.7 Å². The summed E-state index contributed by atoms with van der Waals surface area (Å²) in [6, 6.07) is 1.67. The molecule has 0 bridgehead atoms. The van der Waals surface area contributed by atoms with E-state index in [0.717, 1.165) is 18.6 Å². The summed E-state index contributed by atoms with van der Waals surface area (Å²) in [5, 5.41) is 15.2. The molecule has 1 aliphatic carbocycles. The van der Waals surface area contributed by atoms with Gasteiger partial charge in [0.2, 0.25) is 17.8 Å². The van der Waals surface area contributed by atoms with Crippen molar-refractivity contribution in [1.29, 1.82) is 0 Å². The van der Waals surface area contributed by atoms with Crippen molar-refractivity contribution in [3.05, 3.63) is 35.0 Å². The normalized spacial score (nSPS) is 21.9. The second-order valence-electron chi connectivity index (χ2n) is 9.70. The Labute approximate surface area is 221 Å². The van der Waals surface area contributed by atoms with Crippen LogP contribution in [0.3, 0.4) is 0 Å². The first-order chi connectivity index (χ1) is 18.2. The summed E-state index contributed by atoms with van der Waals surface area (Å²) in [5.41, 5.74) is 5.94. The second-order valence-corrected chi connectivity index (χ2v) is 10.1. The van der Waals surface area contributed by atoms with E-state index < -0.39 is 23.4 Å². The number of piperidine rings is 1. The quantitative estimate of drug-likeness (QED) is 0.356. The molecule has 202 valence electrons. The fourth-order valence-electron chi connectivity index (χ4n) is 5.24. The number of likely N-dealkylation sites (tertiary alicyclic amines) is 1. The molecule has 0 spiro atoms. The molecule has 1 atom stereocenters. The van der Waals surface area contributed by atoms with E-state index in [4.69, 9.17) is 17.3 Å². The molecular formula is C24H27ClF2N8O3. The van der Waals surface area contributed by atoms with Crippen molar-refractivity contribution in [1.82, 2.24) is 24.4 Å². The van der Waals surface area contributed by atoms with Gasteiger partial charge in [0.25, 0.3) is 0 Å². The average Bonchev–Trinajstić information content (AvgIpc) is 3.23. The summed E-state index contributed by atoms with van der Waals surface area (Å²) in [6.45, 7) is 0.774. The van der Waals surface area contributed by atoms with Gasteiger partial charge in [-0.15, -0.1) is 0 Å². The number of primary amides is 1. The van der Waals surface area contributed by atoms with Crippen LogP contribution in [0.2, 0.25) is 5.02 Å². The number of aromatic nitrogens is 4. The third-order valence-electron chi connectivity index (χ3n) is 7.17. The van der Waals surface area contributed by atoms with Crippen molar-refractivity contribution in [2.45, 2.75) is 50.6 Å². The van der Waals surface area contributed by atoms with Crippen LogP contribution in [0, 0.1) is 17.6 Å². The van der Waals surface area contributed by atoms with Crippen LogP contribution in [0.1, 0.15) is 44.6 Å². The monoisotopic (exact) mass is 548 g/mol. The number of hydrogen-bond donors (Lipinski definition) is 4. The van der Waals surface area contributed by atoms with E-state index in [1.165, 1.54) is 11.1 Å². The smallest absolute Gasteiger partial charge is 0.407 e. The zero-order valence-corrected chi connectivity index (χ0v) is 21.1. The molecular weight excluding hydrogens is 522 g/mol. The number of amides is 2. The minimum atomic E-state index is -0.977. The average molecular weight is 549 g/mol. The van der Waals surface area contributed by atoms with E-state index in [2.05, 4.69) is 25.6 Å². The first kappa shape index (κ1) is 25.9. The SMILES string of the molecule is NC(=O)C1CCC(n2c(Nc3c(F)cc(Cl)cc3F)nc3cnc(NC4CCCN(C(=O)O)C4)nc32)CC1. The van der Waals surface area contributed by atoms with E-state index in [-0.39, 0.29) is 40.8 Å². The highest BCUT2D eigenvalue weighted by molar-refractivity contribution is 6.30. The molecule has 1 aliphatic heterocycles. The number of nitrogens with two attached hydrogens (primary N) is 1. The lowest BCUT2D eigenvalue weighted by Gasteiger charge is -2.31. The molecule has 38 heavy (non-hydrogen) atoms. The maximum absolute atomic E-state index is 14.6. The van der Waals surface area contributed by atoms with Crippen LogP contribution in [0.4, 0.5) is 31.2 Å². The van der Waals surface area contributed by atoms with Gasteiger partial charge >= 0.3 is 6.09 Å². The van der Waals surface area contributed by atoms with Crippen molar-refractivity contribution >= 4 is 52.3 Å². The number of halogens is 3. The third kappa shape index (κ3) is 5.28. The van der Waals surface area contributed by atoms with E-state index >= 15 is 0 Å². The number of imidazole rings is 1. The van der Waals surface area contributed by atoms with Gasteiger partial charge in [0, 0.05) is 36.1 Å². The summed E-state index contributed by atoms with van der Waals surface area (Å²) in [5.74, 6) is -1.88. The summed E-state index contributed by atoms with van der Waals surface area (Å²) in [4.78, 5) is 38.0. The van der Waals surface area contributed by atoms with Crippen molar-refractivity contribution in [2.24, 2.45) is 11.7 Å². The molecule has 1 saturated heterocycles. The molecule has 3 aromatic rings. The maximum Gasteiger partial charge on any atom is 0.407 e. The van der Waals surface area contributed by atoms with Gasteiger partial charge in [0.05, 0.1) is 6.20 Å². The number of hydrogen-bond acceptors (Lipinski definition) is 7. The fourth-order valence-corrected chi connectivity index (χ4v) is 5.43. The number of anilines is 3. The van der Waals surface area contributed by atoms with E-state index in [1.807, 2.05) is 0 Å². The van der Waals surface area contributed by atoms with Gasteiger partial charge in [0.1, 0.15) is 11.2 Å². The zero-order valence-electron chi connectivity index (χ0n) is 20.3. The molecule has 2 aromatic heterocycles. The van der Waals surface area contributed by atoms with Gasteiger partial charge in [-0.1, -0.05) is 11.6 Å². The first-order valence-electron chi connectivity index (χ1n) is 12.4. The number of nitrogens with zero attached hydrogens (tertiary/aromatic N) is 5. The summed E-state index contributed by atoms with van der Waals surface area (Å²) in [7, 11) is 0. The van der Waals surface area contributed by atoms with Crippen LogP contribution in [0.25, 0.3) is 11.2 Å². The van der Waals surface area contributed by atoms with Gasteiger partial charge in [-0.25, -0.2) is 23.5 Å². The molecule has 2 fully saturated rings. The largest absolute Gasteiger partial charge is 0.465 e. The Kier molecular flexibility index (Phi) is 7.19. The standard InChI is InChI=1S/C24H27ClF2N8O3/c25-13-8-16(26)19(17(27)9-13)32-23-31-18-10-29-22(30-14-2-1-7-34(11-14)24(37)38)33-21(18)35(23)15-5-3-12(4-6-15)20(28)36/h8-10,12,14-15H,1-7,11H2,(H2,28,36)(H,31,32)(H,37,38)(H,29,30,33). The molecule has 1 saturated carbocycles. The van der Waals surface area contributed by atoms with Crippen LogP contribution in [0.5, 0.6) is 0 Å².